The van der Waals surface area contributed by atoms with Crippen LogP contribution < -0.4 is 5.73 Å². The molecule has 0 saturated heterocycles. The Hall–Kier alpha value is -1.31. The maximum Gasteiger partial charge on any atom is 0.242 e. The maximum absolute atomic E-state index is 12.3. The van der Waals surface area contributed by atoms with Gasteiger partial charge in [-0.2, -0.15) is 0 Å². The van der Waals surface area contributed by atoms with Gasteiger partial charge >= 0.3 is 0 Å². The third-order valence-electron chi connectivity index (χ3n) is 2.66. The summed E-state index contributed by atoms with van der Waals surface area (Å²) in [6, 6.07) is 6.00. The molecule has 0 saturated carbocycles. The van der Waals surface area contributed by atoms with Gasteiger partial charge < -0.3 is 10.9 Å². The Morgan fingerprint density at radius 2 is 2.21 bits per heavy atom. The van der Waals surface area contributed by atoms with E-state index < -0.39 is 15.9 Å². The molecule has 6 nitrogen and oxygen atoms in total. The molecule has 1 aromatic carbocycles. The first-order valence-electron chi connectivity index (χ1n) is 5.48. The van der Waals surface area contributed by atoms with Crippen molar-refractivity contribution in [2.24, 2.45) is 16.8 Å². The number of amidine groups is 1. The first-order valence-corrected chi connectivity index (χ1v) is 7.30. The lowest BCUT2D eigenvalue weighted by molar-refractivity contribution is 0.312. The lowest BCUT2D eigenvalue weighted by Crippen LogP contribution is -2.36. The second-order valence-corrected chi connectivity index (χ2v) is 6.65. The van der Waals surface area contributed by atoms with Crippen LogP contribution in [0.3, 0.4) is 0 Å². The van der Waals surface area contributed by atoms with Gasteiger partial charge in [0.25, 0.3) is 0 Å². The van der Waals surface area contributed by atoms with E-state index in [2.05, 4.69) is 5.16 Å². The molecule has 0 aliphatic carbocycles. The summed E-state index contributed by atoms with van der Waals surface area (Å²) in [6.45, 7) is 1.77. The van der Waals surface area contributed by atoms with Crippen molar-refractivity contribution in [1.29, 1.82) is 0 Å². The molecule has 8 heteroatoms. The monoisotopic (exact) mass is 305 g/mol. The SMILES string of the molecule is CC(CN(C)S(=O)(=O)c1cccc(Cl)c1)/C(N)=N/O. The average molecular weight is 306 g/mol. The van der Waals surface area contributed by atoms with Gasteiger partial charge in [-0.15, -0.1) is 0 Å². The van der Waals surface area contributed by atoms with Crippen molar-refractivity contribution in [2.75, 3.05) is 13.6 Å². The van der Waals surface area contributed by atoms with Crippen LogP contribution in [0.15, 0.2) is 34.3 Å². The first kappa shape index (κ1) is 15.7. The van der Waals surface area contributed by atoms with Crippen molar-refractivity contribution in [1.82, 2.24) is 4.31 Å². The largest absolute Gasteiger partial charge is 0.409 e. The highest BCUT2D eigenvalue weighted by Gasteiger charge is 2.23. The zero-order valence-electron chi connectivity index (χ0n) is 10.6. The molecule has 106 valence electrons. The Morgan fingerprint density at radius 3 is 2.74 bits per heavy atom. The minimum atomic E-state index is -3.64. The van der Waals surface area contributed by atoms with Gasteiger partial charge in [0, 0.05) is 24.5 Å². The van der Waals surface area contributed by atoms with E-state index in [4.69, 9.17) is 22.5 Å². The van der Waals surface area contributed by atoms with E-state index >= 15 is 0 Å². The summed E-state index contributed by atoms with van der Waals surface area (Å²) in [6.07, 6.45) is 0. The third kappa shape index (κ3) is 3.82. The summed E-state index contributed by atoms with van der Waals surface area (Å²) in [4.78, 5) is 0.106. The van der Waals surface area contributed by atoms with Gasteiger partial charge in [-0.3, -0.25) is 0 Å². The van der Waals surface area contributed by atoms with Crippen LogP contribution in [0, 0.1) is 5.92 Å². The number of nitrogens with zero attached hydrogens (tertiary/aromatic N) is 2. The van der Waals surface area contributed by atoms with Crippen molar-refractivity contribution in [3.05, 3.63) is 29.3 Å². The van der Waals surface area contributed by atoms with E-state index in [1.54, 1.807) is 19.1 Å². The zero-order valence-corrected chi connectivity index (χ0v) is 12.2. The summed E-state index contributed by atoms with van der Waals surface area (Å²) < 4.78 is 25.7. The van der Waals surface area contributed by atoms with Crippen molar-refractivity contribution in [3.8, 4) is 0 Å². The lowest BCUT2D eigenvalue weighted by atomic mass is 10.2. The van der Waals surface area contributed by atoms with Gasteiger partial charge in [0.1, 0.15) is 5.84 Å². The van der Waals surface area contributed by atoms with E-state index in [-0.39, 0.29) is 17.3 Å². The lowest BCUT2D eigenvalue weighted by Gasteiger charge is -2.20. The van der Waals surface area contributed by atoms with Crippen LogP contribution in [0.25, 0.3) is 0 Å². The molecule has 19 heavy (non-hydrogen) atoms. The molecule has 0 fully saturated rings. The van der Waals surface area contributed by atoms with E-state index in [9.17, 15) is 8.42 Å². The van der Waals surface area contributed by atoms with Gasteiger partial charge in [0.05, 0.1) is 4.90 Å². The fourth-order valence-corrected chi connectivity index (χ4v) is 3.04. The fourth-order valence-electron chi connectivity index (χ4n) is 1.48. The van der Waals surface area contributed by atoms with Gasteiger partial charge in [0.2, 0.25) is 10.0 Å². The number of benzene rings is 1. The Kier molecular flexibility index (Phi) is 5.16. The molecule has 0 amide bonds. The maximum atomic E-state index is 12.3. The van der Waals surface area contributed by atoms with Gasteiger partial charge in [0.15, 0.2) is 0 Å². The molecule has 1 atom stereocenters. The van der Waals surface area contributed by atoms with Crippen molar-refractivity contribution >= 4 is 27.5 Å². The van der Waals surface area contributed by atoms with Crippen LogP contribution in [-0.4, -0.2) is 37.4 Å². The average Bonchev–Trinajstić information content (AvgIpc) is 2.37. The summed E-state index contributed by atoms with van der Waals surface area (Å²) in [5.74, 6) is -0.419. The van der Waals surface area contributed by atoms with Crippen LogP contribution in [0.5, 0.6) is 0 Å². The number of oxime groups is 1. The second-order valence-electron chi connectivity index (χ2n) is 4.17. The van der Waals surface area contributed by atoms with Crippen LogP contribution in [-0.2, 0) is 10.0 Å². The van der Waals surface area contributed by atoms with E-state index in [1.165, 1.54) is 19.2 Å². The van der Waals surface area contributed by atoms with Crippen molar-refractivity contribution in [2.45, 2.75) is 11.8 Å². The molecule has 0 bridgehead atoms. The number of halogens is 1. The Labute approximate surface area is 117 Å². The molecule has 0 radical (unpaired) electrons. The number of sulfonamides is 1. The van der Waals surface area contributed by atoms with E-state index in [0.717, 1.165) is 4.31 Å². The third-order valence-corrected chi connectivity index (χ3v) is 4.71. The van der Waals surface area contributed by atoms with E-state index in [0.29, 0.717) is 5.02 Å². The van der Waals surface area contributed by atoms with Crippen LogP contribution in [0.1, 0.15) is 6.92 Å². The fraction of sp³-hybridized carbons (Fsp3) is 0.364. The second kappa shape index (κ2) is 6.23. The van der Waals surface area contributed by atoms with Crippen LogP contribution in [0.4, 0.5) is 0 Å². The number of hydrogen-bond donors (Lipinski definition) is 2. The number of rotatable bonds is 5. The molecular weight excluding hydrogens is 290 g/mol. The minimum absolute atomic E-state index is 0.0202. The zero-order chi connectivity index (χ0) is 14.6. The molecular formula is C11H16ClN3O3S. The molecule has 3 N–H and O–H groups in total. The quantitative estimate of drug-likeness (QED) is 0.371. The Balaban J connectivity index is 2.95. The number of nitrogens with two attached hydrogens (primary N) is 1. The summed E-state index contributed by atoms with van der Waals surface area (Å²) in [7, 11) is -2.21. The minimum Gasteiger partial charge on any atom is -0.409 e. The Bertz CT molecular complexity index is 574. The highest BCUT2D eigenvalue weighted by molar-refractivity contribution is 7.89. The topological polar surface area (TPSA) is 96.0 Å². The Morgan fingerprint density at radius 1 is 1.58 bits per heavy atom. The molecule has 0 spiro atoms. The molecule has 0 aliphatic rings. The summed E-state index contributed by atoms with van der Waals surface area (Å²) in [5.41, 5.74) is 5.43. The summed E-state index contributed by atoms with van der Waals surface area (Å²) in [5, 5.41) is 11.8. The van der Waals surface area contributed by atoms with Crippen LogP contribution in [0.2, 0.25) is 5.02 Å². The van der Waals surface area contributed by atoms with Crippen LogP contribution >= 0.6 is 11.6 Å². The molecule has 0 heterocycles. The standard InChI is InChI=1S/C11H16ClN3O3S/c1-8(11(13)14-16)7-15(2)19(17,18)10-5-3-4-9(12)6-10/h3-6,8,16H,7H2,1-2H3,(H2,13,14). The molecule has 0 aliphatic heterocycles. The summed E-state index contributed by atoms with van der Waals surface area (Å²) >= 11 is 5.78. The molecule has 1 rings (SSSR count). The van der Waals surface area contributed by atoms with Crippen molar-refractivity contribution < 1.29 is 13.6 Å². The molecule has 1 aromatic rings. The van der Waals surface area contributed by atoms with E-state index in [1.807, 2.05) is 0 Å². The smallest absolute Gasteiger partial charge is 0.242 e. The highest BCUT2D eigenvalue weighted by atomic mass is 35.5. The predicted octanol–water partition coefficient (Wildman–Crippen LogP) is 1.34. The van der Waals surface area contributed by atoms with Gasteiger partial charge in [-0.1, -0.05) is 29.7 Å². The van der Waals surface area contributed by atoms with Gasteiger partial charge in [-0.25, -0.2) is 12.7 Å². The predicted molar refractivity (Wildman–Crippen MR) is 73.8 cm³/mol. The number of hydrogen-bond acceptors (Lipinski definition) is 4. The molecule has 1 unspecified atom stereocenters. The highest BCUT2D eigenvalue weighted by Crippen LogP contribution is 2.19. The normalized spacial score (nSPS) is 14.6. The molecule has 0 aromatic heterocycles. The van der Waals surface area contributed by atoms with Crippen molar-refractivity contribution in [3.63, 3.8) is 0 Å². The first-order chi connectivity index (χ1) is 8.78. The van der Waals surface area contributed by atoms with Gasteiger partial charge in [-0.05, 0) is 18.2 Å².